The molecule has 0 bridgehead atoms. The molecule has 0 spiro atoms. The van der Waals surface area contributed by atoms with Crippen molar-refractivity contribution >= 4 is 27.6 Å². The summed E-state index contributed by atoms with van der Waals surface area (Å²) in [5.41, 5.74) is 16.2. The van der Waals surface area contributed by atoms with E-state index in [4.69, 9.17) is 16.4 Å². The van der Waals surface area contributed by atoms with Crippen LogP contribution in [0.4, 0.5) is 0 Å². The van der Waals surface area contributed by atoms with Gasteiger partial charge in [0, 0.05) is 4.75 Å². The van der Waals surface area contributed by atoms with Crippen LogP contribution in [0.25, 0.3) is 10.4 Å². The van der Waals surface area contributed by atoms with Crippen molar-refractivity contribution in [2.45, 2.75) is 43.2 Å². The van der Waals surface area contributed by atoms with E-state index in [1.807, 2.05) is 0 Å². The first-order valence-electron chi connectivity index (χ1n) is 5.36. The van der Waals surface area contributed by atoms with Crippen LogP contribution < -0.4 is 11.2 Å². The maximum absolute atomic E-state index is 10.7. The molecule has 0 aliphatic rings. The van der Waals surface area contributed by atoms with Crippen molar-refractivity contribution in [3.63, 3.8) is 0 Å². The van der Waals surface area contributed by atoms with Crippen LogP contribution in [0.15, 0.2) is 5.22 Å². The van der Waals surface area contributed by atoms with Gasteiger partial charge in [-0.25, -0.2) is 0 Å². The second kappa shape index (κ2) is 8.36. The highest BCUT2D eigenvalue weighted by Crippen LogP contribution is 2.39. The highest BCUT2D eigenvalue weighted by Gasteiger charge is 2.23. The van der Waals surface area contributed by atoms with Gasteiger partial charge in [-0.1, -0.05) is 42.4 Å². The Hall–Kier alpha value is -0.760. The molecular weight excluding hydrogens is 274 g/mol. The molecule has 0 radical (unpaired) electrons. The van der Waals surface area contributed by atoms with Gasteiger partial charge in [-0.15, -0.1) is 5.53 Å². The number of nitrogens with one attached hydrogen (secondary N) is 1. The zero-order chi connectivity index (χ0) is 14.2. The summed E-state index contributed by atoms with van der Waals surface area (Å²) >= 11 is 0. The van der Waals surface area contributed by atoms with E-state index in [1.54, 1.807) is 21.6 Å². The number of rotatable bonds is 8. The third-order valence-electron chi connectivity index (χ3n) is 1.70. The van der Waals surface area contributed by atoms with Crippen LogP contribution in [-0.4, -0.2) is 33.7 Å². The molecule has 1 unspecified atom stereocenters. The van der Waals surface area contributed by atoms with Crippen LogP contribution in [0.3, 0.4) is 0 Å². The van der Waals surface area contributed by atoms with Gasteiger partial charge >= 0.3 is 5.97 Å². The van der Waals surface area contributed by atoms with Gasteiger partial charge < -0.3 is 10.8 Å². The van der Waals surface area contributed by atoms with E-state index in [2.05, 4.69) is 36.3 Å². The van der Waals surface area contributed by atoms with Gasteiger partial charge in [0.15, 0.2) is 0 Å². The second-order valence-corrected chi connectivity index (χ2v) is 7.97. The third-order valence-corrected chi connectivity index (χ3v) is 5.54. The van der Waals surface area contributed by atoms with E-state index in [9.17, 15) is 4.79 Å². The second-order valence-electron chi connectivity index (χ2n) is 4.65. The Kier molecular flexibility index (Phi) is 8.01. The van der Waals surface area contributed by atoms with Crippen LogP contribution in [-0.2, 0) is 4.79 Å². The number of azide groups is 1. The van der Waals surface area contributed by atoms with Crippen molar-refractivity contribution in [3.8, 4) is 0 Å². The van der Waals surface area contributed by atoms with E-state index in [1.165, 1.54) is 0 Å². The maximum Gasteiger partial charge on any atom is 0.320 e. The van der Waals surface area contributed by atoms with Crippen molar-refractivity contribution < 1.29 is 9.90 Å². The molecule has 0 aromatic carbocycles. The molecule has 0 fully saturated rings. The molecule has 0 aliphatic carbocycles. The molecule has 9 heteroatoms. The largest absolute Gasteiger partial charge is 0.480 e. The molecule has 0 heterocycles. The third kappa shape index (κ3) is 9.29. The Morgan fingerprint density at radius 1 is 1.61 bits per heavy atom. The van der Waals surface area contributed by atoms with Gasteiger partial charge in [0.2, 0.25) is 0 Å². The number of nitrogens with two attached hydrogens (primary N) is 1. The first-order chi connectivity index (χ1) is 8.26. The Morgan fingerprint density at radius 2 is 2.22 bits per heavy atom. The van der Waals surface area contributed by atoms with Crippen molar-refractivity contribution in [2.75, 3.05) is 6.54 Å². The lowest BCUT2D eigenvalue weighted by molar-refractivity contribution is -0.138. The van der Waals surface area contributed by atoms with E-state index < -0.39 is 12.0 Å². The van der Waals surface area contributed by atoms with Crippen LogP contribution in [0, 0.1) is 0 Å². The molecule has 0 amide bonds. The Labute approximate surface area is 114 Å². The van der Waals surface area contributed by atoms with Crippen LogP contribution in [0.2, 0.25) is 0 Å². The van der Waals surface area contributed by atoms with Gasteiger partial charge in [0.05, 0.1) is 11.8 Å². The van der Waals surface area contributed by atoms with E-state index >= 15 is 0 Å². The summed E-state index contributed by atoms with van der Waals surface area (Å²) in [5, 5.41) is 12.0. The number of aliphatic carboxylic acids is 1. The van der Waals surface area contributed by atoms with E-state index in [-0.39, 0.29) is 10.00 Å². The summed E-state index contributed by atoms with van der Waals surface area (Å²) < 4.78 is 0.0642. The molecule has 0 rings (SSSR count). The van der Waals surface area contributed by atoms with Crippen molar-refractivity contribution in [2.24, 2.45) is 11.0 Å². The molecule has 18 heavy (non-hydrogen) atoms. The molecule has 4 N–H and O–H groups in total. The number of nitrogens with zero attached hydrogens (tertiary/aromatic N) is 3. The SMILES string of the molecule is CC(C)(C)SSC(CNN=[N+]=[N-])C[C@H](N)C(=O)O. The standard InChI is InChI=1S/C9H19N5O2S2/c1-9(2,3)18-17-6(5-12-14-13-11)4-7(10)8(15)16/h6-7,12H,4-5,10H2,1-3H3,(H,15,16)/t6?,7-/m0/s1. The average Bonchev–Trinajstić information content (AvgIpc) is 2.24. The Balaban J connectivity index is 4.32. The lowest BCUT2D eigenvalue weighted by atomic mass is 10.1. The fraction of sp³-hybridized carbons (Fsp3) is 0.889. The lowest BCUT2D eigenvalue weighted by Gasteiger charge is -2.21. The number of carboxylic acids is 1. The summed E-state index contributed by atoms with van der Waals surface area (Å²) in [6.45, 7) is 6.60. The fourth-order valence-electron chi connectivity index (χ4n) is 0.927. The predicted molar refractivity (Wildman–Crippen MR) is 76.1 cm³/mol. The molecule has 2 atom stereocenters. The van der Waals surface area contributed by atoms with E-state index in [0.717, 1.165) is 0 Å². The van der Waals surface area contributed by atoms with Gasteiger partial charge in [0.25, 0.3) is 0 Å². The summed E-state index contributed by atoms with van der Waals surface area (Å²) in [4.78, 5) is 13.3. The minimum Gasteiger partial charge on any atom is -0.480 e. The van der Waals surface area contributed by atoms with E-state index in [0.29, 0.717) is 13.0 Å². The molecule has 0 aromatic heterocycles. The Morgan fingerprint density at radius 3 is 2.67 bits per heavy atom. The number of hydrogen-bond donors (Lipinski definition) is 3. The molecular formula is C9H19N5O2S2. The predicted octanol–water partition coefficient (Wildman–Crippen LogP) is 2.15. The van der Waals surface area contributed by atoms with Gasteiger partial charge in [-0.05, 0) is 11.6 Å². The lowest BCUT2D eigenvalue weighted by Crippen LogP contribution is -2.35. The number of hydrogen-bond acceptors (Lipinski definition) is 5. The van der Waals surface area contributed by atoms with Gasteiger partial charge in [-0.2, -0.15) is 4.91 Å². The topological polar surface area (TPSA) is 124 Å². The minimum atomic E-state index is -1.02. The molecule has 0 saturated heterocycles. The summed E-state index contributed by atoms with van der Waals surface area (Å²) in [7, 11) is 3.20. The highest BCUT2D eigenvalue weighted by atomic mass is 33.1. The monoisotopic (exact) mass is 293 g/mol. The van der Waals surface area contributed by atoms with Crippen LogP contribution in [0.1, 0.15) is 27.2 Å². The molecule has 104 valence electrons. The summed E-state index contributed by atoms with van der Waals surface area (Å²) in [6.07, 6.45) is 0.316. The summed E-state index contributed by atoms with van der Waals surface area (Å²) in [6, 6.07) is -0.907. The fourth-order valence-corrected chi connectivity index (χ4v) is 3.49. The first kappa shape index (κ1) is 17.2. The first-order valence-corrected chi connectivity index (χ1v) is 7.57. The van der Waals surface area contributed by atoms with Crippen molar-refractivity contribution in [1.29, 1.82) is 0 Å². The normalized spacial score (nSPS) is 14.4. The number of carboxylic acid groups (broad SMARTS) is 1. The molecule has 7 nitrogen and oxygen atoms in total. The van der Waals surface area contributed by atoms with Gasteiger partial charge in [0.1, 0.15) is 6.04 Å². The zero-order valence-corrected chi connectivity index (χ0v) is 12.3. The van der Waals surface area contributed by atoms with Gasteiger partial charge in [-0.3, -0.25) is 10.2 Å². The molecule has 0 saturated carbocycles. The zero-order valence-electron chi connectivity index (χ0n) is 10.7. The molecule has 0 aromatic rings. The van der Waals surface area contributed by atoms with Crippen molar-refractivity contribution in [3.05, 3.63) is 10.4 Å². The van der Waals surface area contributed by atoms with Crippen LogP contribution in [0.5, 0.6) is 0 Å². The van der Waals surface area contributed by atoms with Crippen LogP contribution >= 0.6 is 21.6 Å². The highest BCUT2D eigenvalue weighted by molar-refractivity contribution is 8.77. The average molecular weight is 293 g/mol. The quantitative estimate of drug-likeness (QED) is 0.207. The Bertz CT molecular complexity index is 315. The van der Waals surface area contributed by atoms with Crippen molar-refractivity contribution in [1.82, 2.24) is 5.43 Å². The molecule has 0 aliphatic heterocycles. The maximum atomic E-state index is 10.7. The smallest absolute Gasteiger partial charge is 0.320 e. The number of carbonyl (C=O) groups is 1. The minimum absolute atomic E-state index is 0.0363. The summed E-state index contributed by atoms with van der Waals surface area (Å²) in [5.74, 6) is -1.02.